The van der Waals surface area contributed by atoms with Gasteiger partial charge < -0.3 is 10.1 Å². The van der Waals surface area contributed by atoms with Crippen molar-refractivity contribution in [3.8, 4) is 0 Å². The lowest BCUT2D eigenvalue weighted by Gasteiger charge is -2.26. The van der Waals surface area contributed by atoms with Crippen LogP contribution in [0.3, 0.4) is 0 Å². The van der Waals surface area contributed by atoms with Gasteiger partial charge in [-0.2, -0.15) is 0 Å². The van der Waals surface area contributed by atoms with E-state index in [1.54, 1.807) is 0 Å². The number of aromatic nitrogens is 1. The number of hydrogen-bond acceptors (Lipinski definition) is 3. The fraction of sp³-hybridized carbons (Fsp3) is 0.667. The van der Waals surface area contributed by atoms with Crippen LogP contribution in [-0.2, 0) is 11.3 Å². The molecule has 1 aliphatic carbocycles. The maximum atomic E-state index is 5.98. The molecule has 1 fully saturated rings. The van der Waals surface area contributed by atoms with E-state index in [-0.39, 0.29) is 0 Å². The van der Waals surface area contributed by atoms with E-state index < -0.39 is 0 Å². The second-order valence-corrected chi connectivity index (χ2v) is 5.29. The van der Waals surface area contributed by atoms with Crippen molar-refractivity contribution in [2.75, 3.05) is 11.9 Å². The van der Waals surface area contributed by atoms with Gasteiger partial charge >= 0.3 is 0 Å². The molecule has 1 aromatic heterocycles. The molecule has 0 spiro atoms. The minimum atomic E-state index is 0.446. The highest BCUT2D eigenvalue weighted by Gasteiger charge is 2.19. The normalized spacial score (nSPS) is 23.9. The summed E-state index contributed by atoms with van der Waals surface area (Å²) in [4.78, 5) is 4.36. The molecular formula is C15H24N2O. The van der Waals surface area contributed by atoms with Gasteiger partial charge in [0.1, 0.15) is 5.82 Å². The summed E-state index contributed by atoms with van der Waals surface area (Å²) in [6, 6.07) is 4.11. The van der Waals surface area contributed by atoms with Gasteiger partial charge in [-0.05, 0) is 37.3 Å². The topological polar surface area (TPSA) is 34.1 Å². The Morgan fingerprint density at radius 3 is 2.94 bits per heavy atom. The van der Waals surface area contributed by atoms with Crippen LogP contribution in [0.25, 0.3) is 0 Å². The Morgan fingerprint density at radius 2 is 2.28 bits per heavy atom. The molecule has 0 saturated heterocycles. The third-order valence-corrected chi connectivity index (χ3v) is 3.56. The molecule has 3 heteroatoms. The van der Waals surface area contributed by atoms with Crippen LogP contribution < -0.4 is 5.32 Å². The third-order valence-electron chi connectivity index (χ3n) is 3.56. The predicted molar refractivity (Wildman–Crippen MR) is 74.6 cm³/mol. The predicted octanol–water partition coefficient (Wildman–Crippen LogP) is 3.61. The largest absolute Gasteiger partial charge is 0.373 e. The molecular weight excluding hydrogens is 224 g/mol. The Balaban J connectivity index is 1.78. The van der Waals surface area contributed by atoms with Crippen molar-refractivity contribution in [3.63, 3.8) is 0 Å². The van der Waals surface area contributed by atoms with E-state index in [9.17, 15) is 0 Å². The van der Waals surface area contributed by atoms with Gasteiger partial charge in [0.2, 0.25) is 0 Å². The highest BCUT2D eigenvalue weighted by molar-refractivity contribution is 5.34. The summed E-state index contributed by atoms with van der Waals surface area (Å²) in [6.45, 7) is 5.99. The maximum Gasteiger partial charge on any atom is 0.125 e. The Morgan fingerprint density at radius 1 is 1.39 bits per heavy atom. The monoisotopic (exact) mass is 248 g/mol. The summed E-state index contributed by atoms with van der Waals surface area (Å²) in [5.74, 6) is 1.76. The minimum Gasteiger partial charge on any atom is -0.373 e. The number of pyridine rings is 1. The first-order chi connectivity index (χ1) is 8.78. The summed E-state index contributed by atoms with van der Waals surface area (Å²) in [6.07, 6.45) is 7.45. The van der Waals surface area contributed by atoms with Crippen molar-refractivity contribution in [3.05, 3.63) is 23.9 Å². The molecule has 1 heterocycles. The van der Waals surface area contributed by atoms with Crippen molar-refractivity contribution in [2.45, 2.75) is 52.2 Å². The second kappa shape index (κ2) is 6.74. The number of anilines is 1. The number of nitrogens with zero attached hydrogens (tertiary/aromatic N) is 1. The molecule has 3 nitrogen and oxygen atoms in total. The van der Waals surface area contributed by atoms with Crippen LogP contribution in [-0.4, -0.2) is 17.6 Å². The molecule has 0 aromatic carbocycles. The average molecular weight is 248 g/mol. The summed E-state index contributed by atoms with van der Waals surface area (Å²) in [5.41, 5.74) is 1.16. The number of hydrogen-bond donors (Lipinski definition) is 1. The van der Waals surface area contributed by atoms with Crippen LogP contribution in [0, 0.1) is 5.92 Å². The molecule has 0 bridgehead atoms. The van der Waals surface area contributed by atoms with Crippen LogP contribution in [0.4, 0.5) is 5.82 Å². The van der Waals surface area contributed by atoms with Crippen molar-refractivity contribution >= 4 is 5.82 Å². The summed E-state index contributed by atoms with van der Waals surface area (Å²) >= 11 is 0. The van der Waals surface area contributed by atoms with Gasteiger partial charge in [0.25, 0.3) is 0 Å². The zero-order valence-electron chi connectivity index (χ0n) is 11.5. The summed E-state index contributed by atoms with van der Waals surface area (Å²) in [5, 5.41) is 3.19. The van der Waals surface area contributed by atoms with Crippen molar-refractivity contribution in [2.24, 2.45) is 5.92 Å². The van der Waals surface area contributed by atoms with Crippen molar-refractivity contribution < 1.29 is 4.74 Å². The zero-order valence-corrected chi connectivity index (χ0v) is 11.5. The highest BCUT2D eigenvalue weighted by Crippen LogP contribution is 2.26. The lowest BCUT2D eigenvalue weighted by atomic mass is 9.89. The second-order valence-electron chi connectivity index (χ2n) is 5.29. The van der Waals surface area contributed by atoms with E-state index in [2.05, 4.69) is 30.2 Å². The van der Waals surface area contributed by atoms with Crippen LogP contribution in [0.2, 0.25) is 0 Å². The molecule has 2 unspecified atom stereocenters. The highest BCUT2D eigenvalue weighted by atomic mass is 16.5. The van der Waals surface area contributed by atoms with E-state index in [0.717, 1.165) is 23.8 Å². The molecule has 2 rings (SSSR count). The Labute approximate surface area is 110 Å². The molecule has 100 valence electrons. The van der Waals surface area contributed by atoms with Gasteiger partial charge in [-0.3, -0.25) is 0 Å². The van der Waals surface area contributed by atoms with Gasteiger partial charge in [0.15, 0.2) is 0 Å². The molecule has 1 aliphatic rings. The Bertz CT molecular complexity index is 350. The summed E-state index contributed by atoms with van der Waals surface area (Å²) in [7, 11) is 0. The van der Waals surface area contributed by atoms with Crippen LogP contribution in [0.15, 0.2) is 18.3 Å². The van der Waals surface area contributed by atoms with E-state index in [0.29, 0.717) is 12.7 Å². The van der Waals surface area contributed by atoms with E-state index in [4.69, 9.17) is 4.74 Å². The Hall–Kier alpha value is -1.09. The molecule has 0 aliphatic heterocycles. The third kappa shape index (κ3) is 3.98. The van der Waals surface area contributed by atoms with E-state index in [1.165, 1.54) is 25.7 Å². The number of nitrogens with one attached hydrogen (secondary N) is 1. The zero-order chi connectivity index (χ0) is 12.8. The van der Waals surface area contributed by atoms with Crippen LogP contribution in [0.1, 0.15) is 45.1 Å². The summed E-state index contributed by atoms with van der Waals surface area (Å²) < 4.78 is 5.98. The maximum absolute atomic E-state index is 5.98. The molecule has 2 atom stereocenters. The van der Waals surface area contributed by atoms with Gasteiger partial charge in [-0.1, -0.05) is 25.8 Å². The Kier molecular flexibility index (Phi) is 5.00. The van der Waals surface area contributed by atoms with Gasteiger partial charge in [-0.15, -0.1) is 0 Å². The minimum absolute atomic E-state index is 0.446. The molecule has 1 N–H and O–H groups in total. The standard InChI is InChI=1S/C15H24N2O/c1-3-16-15-8-7-13(10-17-15)11-18-14-6-4-5-12(2)9-14/h7-8,10,12,14H,3-6,9,11H2,1-2H3,(H,16,17). The quantitative estimate of drug-likeness (QED) is 0.864. The van der Waals surface area contributed by atoms with Crippen LogP contribution >= 0.6 is 0 Å². The van der Waals surface area contributed by atoms with Crippen molar-refractivity contribution in [1.29, 1.82) is 0 Å². The fourth-order valence-corrected chi connectivity index (χ4v) is 2.54. The number of ether oxygens (including phenoxy) is 1. The molecule has 1 aromatic rings. The van der Waals surface area contributed by atoms with Gasteiger partial charge in [0, 0.05) is 12.7 Å². The molecule has 0 radical (unpaired) electrons. The first kappa shape index (κ1) is 13.3. The smallest absolute Gasteiger partial charge is 0.125 e. The van der Waals surface area contributed by atoms with Crippen LogP contribution in [0.5, 0.6) is 0 Å². The number of rotatable bonds is 5. The molecule has 1 saturated carbocycles. The lowest BCUT2D eigenvalue weighted by Crippen LogP contribution is -2.21. The lowest BCUT2D eigenvalue weighted by molar-refractivity contribution is 0.00457. The van der Waals surface area contributed by atoms with Crippen molar-refractivity contribution in [1.82, 2.24) is 4.98 Å². The average Bonchev–Trinajstić information content (AvgIpc) is 2.38. The van der Waals surface area contributed by atoms with Gasteiger partial charge in [-0.25, -0.2) is 4.98 Å². The molecule has 18 heavy (non-hydrogen) atoms. The van der Waals surface area contributed by atoms with E-state index >= 15 is 0 Å². The van der Waals surface area contributed by atoms with E-state index in [1.807, 2.05) is 12.3 Å². The SMILES string of the molecule is CCNc1ccc(COC2CCCC(C)C2)cn1. The first-order valence-corrected chi connectivity index (χ1v) is 7.08. The fourth-order valence-electron chi connectivity index (χ4n) is 2.54. The first-order valence-electron chi connectivity index (χ1n) is 7.08. The molecule has 0 amide bonds. The van der Waals surface area contributed by atoms with Gasteiger partial charge in [0.05, 0.1) is 12.7 Å².